The molecule has 0 aromatic heterocycles. The highest BCUT2D eigenvalue weighted by Crippen LogP contribution is 2.60. The fraction of sp³-hybridized carbons (Fsp3) is 0.550. The Morgan fingerprint density at radius 3 is 2.04 bits per heavy atom. The Kier molecular flexibility index (Phi) is 4.42. The first-order valence-corrected chi connectivity index (χ1v) is 9.47. The smallest absolute Gasteiger partial charge is 0.269 e. The van der Waals surface area contributed by atoms with Crippen molar-refractivity contribution >= 4 is 17.7 Å². The Bertz CT molecular complexity index is 681. The Hall–Kier alpha value is -2.37. The van der Waals surface area contributed by atoms with E-state index in [9.17, 15) is 14.4 Å². The molecule has 0 saturated heterocycles. The van der Waals surface area contributed by atoms with Crippen LogP contribution in [0.2, 0.25) is 0 Å². The Morgan fingerprint density at radius 2 is 1.46 bits per heavy atom. The number of nitrogens with one attached hydrogen (secondary N) is 3. The molecule has 0 radical (unpaired) electrons. The molecule has 3 amide bonds. The van der Waals surface area contributed by atoms with Crippen LogP contribution in [0, 0.1) is 23.2 Å². The largest absolute Gasteiger partial charge is 0.346 e. The molecule has 5 rings (SSSR count). The zero-order chi connectivity index (χ0) is 18.1. The van der Waals surface area contributed by atoms with Crippen LogP contribution in [0.15, 0.2) is 30.3 Å². The van der Waals surface area contributed by atoms with Gasteiger partial charge in [0.05, 0.1) is 6.54 Å². The summed E-state index contributed by atoms with van der Waals surface area (Å²) in [6, 6.07) is 8.65. The number of rotatable bonds is 4. The minimum absolute atomic E-state index is 0.0149. The first-order valence-electron chi connectivity index (χ1n) is 9.47. The third-order valence-electron chi connectivity index (χ3n) is 6.28. The zero-order valence-corrected chi connectivity index (χ0v) is 14.8. The molecular weight excluding hydrogens is 330 g/mol. The van der Waals surface area contributed by atoms with Crippen LogP contribution in [0.4, 0.5) is 0 Å². The van der Waals surface area contributed by atoms with Crippen molar-refractivity contribution in [2.75, 3.05) is 6.54 Å². The first-order chi connectivity index (χ1) is 12.5. The van der Waals surface area contributed by atoms with Crippen molar-refractivity contribution in [3.63, 3.8) is 0 Å². The fourth-order valence-electron chi connectivity index (χ4n) is 5.57. The van der Waals surface area contributed by atoms with E-state index in [2.05, 4.69) is 16.2 Å². The number of hydrogen-bond acceptors (Lipinski definition) is 3. The molecule has 0 unspecified atom stereocenters. The number of carbonyl (C=O) groups is 3. The van der Waals surface area contributed by atoms with Gasteiger partial charge in [-0.15, -0.1) is 0 Å². The third-order valence-corrected chi connectivity index (χ3v) is 6.28. The van der Waals surface area contributed by atoms with Crippen LogP contribution in [-0.4, -0.2) is 24.3 Å². The molecule has 3 N–H and O–H groups in total. The lowest BCUT2D eigenvalue weighted by atomic mass is 9.49. The number of amides is 3. The number of benzene rings is 1. The molecular formula is C20H25N3O3. The summed E-state index contributed by atoms with van der Waals surface area (Å²) in [5, 5.41) is 2.80. The van der Waals surface area contributed by atoms with Crippen LogP contribution in [0.5, 0.6) is 0 Å². The highest BCUT2D eigenvalue weighted by molar-refractivity contribution is 5.96. The summed E-state index contributed by atoms with van der Waals surface area (Å²) >= 11 is 0. The SMILES string of the molecule is O=C(CNC(=O)C12CC3CC(CC(C3)C1)C2)NNC(=O)c1ccccc1. The molecule has 4 aliphatic rings. The van der Waals surface area contributed by atoms with Crippen LogP contribution in [0.1, 0.15) is 48.9 Å². The van der Waals surface area contributed by atoms with Gasteiger partial charge >= 0.3 is 0 Å². The lowest BCUT2D eigenvalue weighted by Gasteiger charge is -2.55. The van der Waals surface area contributed by atoms with E-state index in [1.54, 1.807) is 24.3 Å². The monoisotopic (exact) mass is 355 g/mol. The summed E-state index contributed by atoms with van der Waals surface area (Å²) in [4.78, 5) is 36.7. The second kappa shape index (κ2) is 6.74. The summed E-state index contributed by atoms with van der Waals surface area (Å²) in [6.07, 6.45) is 6.74. The van der Waals surface area contributed by atoms with Gasteiger partial charge in [0.1, 0.15) is 0 Å². The predicted octanol–water partition coefficient (Wildman–Crippen LogP) is 1.78. The highest BCUT2D eigenvalue weighted by Gasteiger charge is 2.54. The van der Waals surface area contributed by atoms with Crippen molar-refractivity contribution < 1.29 is 14.4 Å². The predicted molar refractivity (Wildman–Crippen MR) is 95.7 cm³/mol. The van der Waals surface area contributed by atoms with E-state index in [0.29, 0.717) is 23.3 Å². The quantitative estimate of drug-likeness (QED) is 0.720. The summed E-state index contributed by atoms with van der Waals surface area (Å²) in [6.45, 7) is -0.115. The van der Waals surface area contributed by atoms with E-state index < -0.39 is 5.91 Å². The maximum Gasteiger partial charge on any atom is 0.269 e. The summed E-state index contributed by atoms with van der Waals surface area (Å²) in [7, 11) is 0. The standard InChI is InChI=1S/C20H25N3O3/c24-17(22-23-18(25)16-4-2-1-3-5-16)12-21-19(26)20-9-13-6-14(10-20)8-15(7-13)11-20/h1-5,13-15H,6-12H2,(H,21,26)(H,22,24)(H,23,25). The lowest BCUT2D eigenvalue weighted by Crippen LogP contribution is -2.55. The van der Waals surface area contributed by atoms with E-state index in [4.69, 9.17) is 0 Å². The Labute approximate surface area is 153 Å². The number of carbonyl (C=O) groups excluding carboxylic acids is 3. The summed E-state index contributed by atoms with van der Waals surface area (Å²) < 4.78 is 0. The summed E-state index contributed by atoms with van der Waals surface area (Å²) in [5.41, 5.74) is 4.93. The van der Waals surface area contributed by atoms with E-state index in [0.717, 1.165) is 19.3 Å². The van der Waals surface area contributed by atoms with Gasteiger partial charge in [0.2, 0.25) is 5.91 Å². The molecule has 1 aromatic rings. The Balaban J connectivity index is 1.26. The van der Waals surface area contributed by atoms with Gasteiger partial charge in [0.25, 0.3) is 11.8 Å². The van der Waals surface area contributed by atoms with E-state index in [-0.39, 0.29) is 23.8 Å². The molecule has 4 aliphatic carbocycles. The van der Waals surface area contributed by atoms with Crippen molar-refractivity contribution in [3.8, 4) is 0 Å². The topological polar surface area (TPSA) is 87.3 Å². The molecule has 1 aromatic carbocycles. The molecule has 0 atom stereocenters. The second-order valence-electron chi connectivity index (χ2n) is 8.25. The summed E-state index contributed by atoms with van der Waals surface area (Å²) in [5.74, 6) is 1.27. The maximum atomic E-state index is 12.8. The number of hydrazine groups is 1. The molecule has 6 nitrogen and oxygen atoms in total. The molecule has 0 aliphatic heterocycles. The molecule has 0 spiro atoms. The van der Waals surface area contributed by atoms with Crippen molar-refractivity contribution in [2.45, 2.75) is 38.5 Å². The van der Waals surface area contributed by atoms with Gasteiger partial charge in [-0.25, -0.2) is 0 Å². The molecule has 26 heavy (non-hydrogen) atoms. The van der Waals surface area contributed by atoms with Crippen molar-refractivity contribution in [3.05, 3.63) is 35.9 Å². The number of hydrogen-bond donors (Lipinski definition) is 3. The van der Waals surface area contributed by atoms with Crippen LogP contribution in [-0.2, 0) is 9.59 Å². The molecule has 138 valence electrons. The highest BCUT2D eigenvalue weighted by atomic mass is 16.2. The van der Waals surface area contributed by atoms with Gasteiger partial charge in [-0.05, 0) is 68.4 Å². The van der Waals surface area contributed by atoms with Gasteiger partial charge in [-0.3, -0.25) is 25.2 Å². The van der Waals surface area contributed by atoms with E-state index in [1.807, 2.05) is 6.07 Å². The maximum absolute atomic E-state index is 12.8. The van der Waals surface area contributed by atoms with Crippen LogP contribution < -0.4 is 16.2 Å². The lowest BCUT2D eigenvalue weighted by molar-refractivity contribution is -0.147. The average molecular weight is 355 g/mol. The normalized spacial score (nSPS) is 31.3. The minimum Gasteiger partial charge on any atom is -0.346 e. The average Bonchev–Trinajstić information content (AvgIpc) is 2.63. The molecule has 0 heterocycles. The second-order valence-corrected chi connectivity index (χ2v) is 8.25. The van der Waals surface area contributed by atoms with Crippen LogP contribution in [0.3, 0.4) is 0 Å². The molecule has 6 heteroatoms. The zero-order valence-electron chi connectivity index (χ0n) is 14.8. The van der Waals surface area contributed by atoms with Crippen LogP contribution in [0.25, 0.3) is 0 Å². The van der Waals surface area contributed by atoms with Crippen molar-refractivity contribution in [2.24, 2.45) is 23.2 Å². The third kappa shape index (κ3) is 3.32. The molecule has 4 saturated carbocycles. The van der Waals surface area contributed by atoms with E-state index in [1.165, 1.54) is 19.3 Å². The molecule has 4 fully saturated rings. The minimum atomic E-state index is -0.424. The van der Waals surface area contributed by atoms with E-state index >= 15 is 0 Å². The Morgan fingerprint density at radius 1 is 0.885 bits per heavy atom. The van der Waals surface area contributed by atoms with Crippen molar-refractivity contribution in [1.82, 2.24) is 16.2 Å². The van der Waals surface area contributed by atoms with Gasteiger partial charge < -0.3 is 5.32 Å². The van der Waals surface area contributed by atoms with Gasteiger partial charge in [-0.2, -0.15) is 0 Å². The van der Waals surface area contributed by atoms with Crippen molar-refractivity contribution in [1.29, 1.82) is 0 Å². The first kappa shape index (κ1) is 17.1. The van der Waals surface area contributed by atoms with Gasteiger partial charge in [-0.1, -0.05) is 18.2 Å². The van der Waals surface area contributed by atoms with Crippen LogP contribution >= 0.6 is 0 Å². The van der Waals surface area contributed by atoms with Gasteiger partial charge in [0, 0.05) is 11.0 Å². The fourth-order valence-corrected chi connectivity index (χ4v) is 5.57. The van der Waals surface area contributed by atoms with Gasteiger partial charge in [0.15, 0.2) is 0 Å². The molecule has 4 bridgehead atoms.